The van der Waals surface area contributed by atoms with Crippen molar-refractivity contribution >= 4 is 11.9 Å². The largest absolute Gasteiger partial charge is 0.480 e. The summed E-state index contributed by atoms with van der Waals surface area (Å²) < 4.78 is 1.58. The number of aromatic nitrogens is 2. The quantitative estimate of drug-likeness (QED) is 0.841. The summed E-state index contributed by atoms with van der Waals surface area (Å²) in [6.45, 7) is 7.90. The van der Waals surface area contributed by atoms with Crippen molar-refractivity contribution in [2.75, 3.05) is 0 Å². The van der Waals surface area contributed by atoms with Crippen LogP contribution in [0.1, 0.15) is 63.0 Å². The summed E-state index contributed by atoms with van der Waals surface area (Å²) in [5, 5.41) is 16.1. The van der Waals surface area contributed by atoms with Gasteiger partial charge in [-0.2, -0.15) is 5.10 Å². The van der Waals surface area contributed by atoms with Crippen LogP contribution in [-0.2, 0) is 17.3 Å². The van der Waals surface area contributed by atoms with Crippen molar-refractivity contribution in [3.8, 4) is 0 Å². The van der Waals surface area contributed by atoms with E-state index in [2.05, 4.69) is 10.4 Å². The molecular formula is C15H25N3O3. The van der Waals surface area contributed by atoms with Crippen molar-refractivity contribution in [1.82, 2.24) is 15.1 Å². The van der Waals surface area contributed by atoms with E-state index in [1.807, 2.05) is 27.7 Å². The van der Waals surface area contributed by atoms with Gasteiger partial charge in [0.2, 0.25) is 0 Å². The number of aryl methyl sites for hydroxylation is 1. The van der Waals surface area contributed by atoms with Gasteiger partial charge in [0, 0.05) is 18.7 Å². The highest BCUT2D eigenvalue weighted by atomic mass is 16.4. The molecule has 0 saturated heterocycles. The fourth-order valence-electron chi connectivity index (χ4n) is 2.11. The van der Waals surface area contributed by atoms with Gasteiger partial charge in [-0.25, -0.2) is 4.79 Å². The maximum absolute atomic E-state index is 12.4. The Labute approximate surface area is 125 Å². The first-order valence-electron chi connectivity index (χ1n) is 7.24. The van der Waals surface area contributed by atoms with E-state index >= 15 is 0 Å². The number of hydrogen-bond acceptors (Lipinski definition) is 3. The van der Waals surface area contributed by atoms with Crippen molar-refractivity contribution < 1.29 is 14.7 Å². The lowest BCUT2D eigenvalue weighted by Gasteiger charge is -2.18. The molecule has 2 N–H and O–H groups in total. The Bertz CT molecular complexity index is 515. The molecule has 0 aliphatic heterocycles. The molecule has 0 bridgehead atoms. The molecule has 0 aliphatic rings. The number of carbonyl (C=O) groups is 2. The molecule has 0 saturated carbocycles. The Balaban J connectivity index is 2.95. The molecule has 1 rings (SSSR count). The normalized spacial score (nSPS) is 13.0. The van der Waals surface area contributed by atoms with Gasteiger partial charge in [-0.05, 0) is 6.42 Å². The smallest absolute Gasteiger partial charge is 0.326 e. The van der Waals surface area contributed by atoms with Gasteiger partial charge in [0.25, 0.3) is 5.91 Å². The second kappa shape index (κ2) is 6.74. The highest BCUT2D eigenvalue weighted by Crippen LogP contribution is 2.24. The van der Waals surface area contributed by atoms with Crippen LogP contribution in [0.25, 0.3) is 0 Å². The van der Waals surface area contributed by atoms with Gasteiger partial charge in [-0.1, -0.05) is 40.5 Å². The molecule has 118 valence electrons. The Hall–Kier alpha value is -1.85. The first-order valence-corrected chi connectivity index (χ1v) is 7.24. The van der Waals surface area contributed by atoms with Crippen molar-refractivity contribution in [3.63, 3.8) is 0 Å². The predicted octanol–water partition coefficient (Wildman–Crippen LogP) is 2.09. The van der Waals surface area contributed by atoms with Crippen LogP contribution < -0.4 is 5.32 Å². The van der Waals surface area contributed by atoms with Crippen molar-refractivity contribution in [2.45, 2.75) is 58.4 Å². The molecule has 1 atom stereocenters. The van der Waals surface area contributed by atoms with Gasteiger partial charge in [-0.15, -0.1) is 0 Å². The summed E-state index contributed by atoms with van der Waals surface area (Å²) in [4.78, 5) is 23.6. The monoisotopic (exact) mass is 295 g/mol. The molecule has 0 radical (unpaired) electrons. The molecule has 0 fully saturated rings. The maximum Gasteiger partial charge on any atom is 0.326 e. The first kappa shape index (κ1) is 17.2. The van der Waals surface area contributed by atoms with Gasteiger partial charge in [0.05, 0.1) is 11.3 Å². The minimum Gasteiger partial charge on any atom is -0.480 e. The number of aliphatic carboxylic acids is 1. The number of carbonyl (C=O) groups excluding carboxylic acids is 1. The Morgan fingerprint density at radius 2 is 2.05 bits per heavy atom. The first-order chi connectivity index (χ1) is 9.66. The van der Waals surface area contributed by atoms with Crippen LogP contribution in [0.5, 0.6) is 0 Å². The third-order valence-corrected chi connectivity index (χ3v) is 3.23. The Morgan fingerprint density at radius 1 is 1.43 bits per heavy atom. The van der Waals surface area contributed by atoms with E-state index in [-0.39, 0.29) is 11.3 Å². The third-order valence-electron chi connectivity index (χ3n) is 3.23. The molecule has 1 heterocycles. The number of unbranched alkanes of at least 4 members (excludes halogenated alkanes) is 1. The number of hydrogen-bond donors (Lipinski definition) is 2. The molecule has 6 heteroatoms. The molecule has 6 nitrogen and oxygen atoms in total. The molecule has 0 unspecified atom stereocenters. The zero-order valence-corrected chi connectivity index (χ0v) is 13.4. The van der Waals surface area contributed by atoms with E-state index in [1.54, 1.807) is 17.9 Å². The minimum atomic E-state index is -1.00. The molecule has 21 heavy (non-hydrogen) atoms. The third kappa shape index (κ3) is 4.58. The topological polar surface area (TPSA) is 84.2 Å². The number of amides is 1. The fraction of sp³-hybridized carbons (Fsp3) is 0.667. The van der Waals surface area contributed by atoms with Crippen LogP contribution in [-0.4, -0.2) is 32.8 Å². The fourth-order valence-corrected chi connectivity index (χ4v) is 2.11. The summed E-state index contributed by atoms with van der Waals surface area (Å²) in [7, 11) is 1.75. The lowest BCUT2D eigenvalue weighted by atomic mass is 9.89. The van der Waals surface area contributed by atoms with Crippen LogP contribution in [0, 0.1) is 0 Å². The van der Waals surface area contributed by atoms with Gasteiger partial charge in [0.1, 0.15) is 6.04 Å². The standard InChI is InChI=1S/C15H25N3O3/c1-6-7-8-11(14(20)21)16-13(19)10-9-18(5)17-12(10)15(2,3)4/h9,11H,6-8H2,1-5H3,(H,16,19)(H,20,21)/t11-/m0/s1. The summed E-state index contributed by atoms with van der Waals surface area (Å²) in [6, 6.07) is -0.856. The summed E-state index contributed by atoms with van der Waals surface area (Å²) in [5.74, 6) is -1.38. The Kier molecular flexibility index (Phi) is 5.52. The van der Waals surface area contributed by atoms with Crippen molar-refractivity contribution in [3.05, 3.63) is 17.5 Å². The molecule has 0 aliphatic carbocycles. The number of carboxylic acid groups (broad SMARTS) is 1. The molecule has 1 amide bonds. The lowest BCUT2D eigenvalue weighted by molar-refractivity contribution is -0.139. The summed E-state index contributed by atoms with van der Waals surface area (Å²) >= 11 is 0. The van der Waals surface area contributed by atoms with Crippen LogP contribution in [0.2, 0.25) is 0 Å². The van der Waals surface area contributed by atoms with E-state index in [9.17, 15) is 14.7 Å². The SMILES string of the molecule is CCCC[C@H](NC(=O)c1cn(C)nc1C(C)(C)C)C(=O)O. The molecule has 0 spiro atoms. The second-order valence-electron chi connectivity index (χ2n) is 6.32. The zero-order valence-electron chi connectivity index (χ0n) is 13.4. The second-order valence-corrected chi connectivity index (χ2v) is 6.32. The lowest BCUT2D eigenvalue weighted by Crippen LogP contribution is -2.41. The number of nitrogens with one attached hydrogen (secondary N) is 1. The molecule has 0 aromatic carbocycles. The van der Waals surface area contributed by atoms with E-state index < -0.39 is 12.0 Å². The van der Waals surface area contributed by atoms with Crippen LogP contribution in [0.4, 0.5) is 0 Å². The van der Waals surface area contributed by atoms with E-state index in [4.69, 9.17) is 0 Å². The minimum absolute atomic E-state index is 0.282. The van der Waals surface area contributed by atoms with Gasteiger partial charge >= 0.3 is 5.97 Å². The van der Waals surface area contributed by atoms with E-state index in [1.165, 1.54) is 0 Å². The van der Waals surface area contributed by atoms with Crippen LogP contribution in [0.3, 0.4) is 0 Å². The summed E-state index contributed by atoms with van der Waals surface area (Å²) in [6.07, 6.45) is 3.72. The molecule has 1 aromatic heterocycles. The highest BCUT2D eigenvalue weighted by Gasteiger charge is 2.28. The Morgan fingerprint density at radius 3 is 2.52 bits per heavy atom. The predicted molar refractivity (Wildman–Crippen MR) is 80.3 cm³/mol. The average Bonchev–Trinajstić information content (AvgIpc) is 2.76. The van der Waals surface area contributed by atoms with Crippen molar-refractivity contribution in [1.29, 1.82) is 0 Å². The van der Waals surface area contributed by atoms with Crippen molar-refractivity contribution in [2.24, 2.45) is 7.05 Å². The average molecular weight is 295 g/mol. The molecular weight excluding hydrogens is 270 g/mol. The number of nitrogens with zero attached hydrogens (tertiary/aromatic N) is 2. The van der Waals surface area contributed by atoms with E-state index in [0.29, 0.717) is 17.7 Å². The van der Waals surface area contributed by atoms with Crippen LogP contribution >= 0.6 is 0 Å². The van der Waals surface area contributed by atoms with Gasteiger partial charge in [0.15, 0.2) is 0 Å². The summed E-state index contributed by atoms with van der Waals surface area (Å²) in [5.41, 5.74) is 0.825. The number of rotatable bonds is 6. The van der Waals surface area contributed by atoms with Gasteiger partial charge < -0.3 is 10.4 Å². The van der Waals surface area contributed by atoms with Crippen LogP contribution in [0.15, 0.2) is 6.20 Å². The maximum atomic E-state index is 12.4. The van der Waals surface area contributed by atoms with E-state index in [0.717, 1.165) is 12.8 Å². The van der Waals surface area contributed by atoms with Gasteiger partial charge in [-0.3, -0.25) is 9.48 Å². The molecule has 1 aromatic rings. The highest BCUT2D eigenvalue weighted by molar-refractivity contribution is 5.97. The number of carboxylic acids is 1. The zero-order chi connectivity index (χ0) is 16.2.